The zero-order valence-electron chi connectivity index (χ0n) is 11.1. The summed E-state index contributed by atoms with van der Waals surface area (Å²) in [7, 11) is 0. The van der Waals surface area contributed by atoms with Gasteiger partial charge in [-0.05, 0) is 37.8 Å². The number of nitrogens with zero attached hydrogens (tertiary/aromatic N) is 2. The van der Waals surface area contributed by atoms with E-state index in [4.69, 9.17) is 0 Å². The maximum atomic E-state index is 4.34. The molecule has 0 radical (unpaired) electrons. The quantitative estimate of drug-likeness (QED) is 0.759. The summed E-state index contributed by atoms with van der Waals surface area (Å²) >= 11 is 1.82. The first-order chi connectivity index (χ1) is 8.13. The molecule has 3 nitrogen and oxygen atoms in total. The number of nitrogens with one attached hydrogen (secondary N) is 1. The Kier molecular flexibility index (Phi) is 4.15. The maximum Gasteiger partial charge on any atom is 0.121 e. The van der Waals surface area contributed by atoms with E-state index in [0.29, 0.717) is 11.3 Å². The normalized spacial score (nSPS) is 21.7. The molecule has 1 aliphatic rings. The van der Waals surface area contributed by atoms with Crippen LogP contribution < -0.4 is 5.32 Å². The Morgan fingerprint density at radius 3 is 2.76 bits per heavy atom. The highest BCUT2D eigenvalue weighted by atomic mass is 32.1. The third kappa shape index (κ3) is 3.49. The molecular weight excluding hydrogens is 230 g/mol. The Morgan fingerprint density at radius 1 is 1.35 bits per heavy atom. The van der Waals surface area contributed by atoms with Crippen LogP contribution in [0.4, 0.5) is 0 Å². The summed E-state index contributed by atoms with van der Waals surface area (Å²) in [4.78, 5) is 0. The lowest BCUT2D eigenvalue weighted by atomic mass is 10.1. The van der Waals surface area contributed by atoms with Crippen molar-refractivity contribution in [1.29, 1.82) is 0 Å². The molecule has 1 heterocycles. The van der Waals surface area contributed by atoms with E-state index in [1.54, 1.807) is 0 Å². The summed E-state index contributed by atoms with van der Waals surface area (Å²) < 4.78 is 0. The molecule has 2 rings (SSSR count). The van der Waals surface area contributed by atoms with Crippen LogP contribution in [0.3, 0.4) is 0 Å². The molecule has 96 valence electrons. The van der Waals surface area contributed by atoms with Gasteiger partial charge >= 0.3 is 0 Å². The predicted octanol–water partition coefficient (Wildman–Crippen LogP) is 2.98. The number of rotatable bonds is 7. The highest BCUT2D eigenvalue weighted by Crippen LogP contribution is 2.58. The van der Waals surface area contributed by atoms with E-state index in [2.05, 4.69) is 36.3 Å². The lowest BCUT2D eigenvalue weighted by Crippen LogP contribution is -2.16. The standard InChI is InChI=1S/C13H23N3S/c1-4-7-14-8-5-6-11-15-16-12(17-11)10-9-13(10,2)3/h10,14H,4-9H2,1-3H3. The summed E-state index contributed by atoms with van der Waals surface area (Å²) in [5.74, 6) is 0.673. The second-order valence-corrected chi connectivity index (χ2v) is 6.73. The molecule has 1 atom stereocenters. The van der Waals surface area contributed by atoms with Gasteiger partial charge < -0.3 is 5.32 Å². The summed E-state index contributed by atoms with van der Waals surface area (Å²) in [5, 5.41) is 14.5. The molecule has 1 unspecified atom stereocenters. The molecule has 0 spiro atoms. The van der Waals surface area contributed by atoms with Gasteiger partial charge in [0.1, 0.15) is 10.0 Å². The Morgan fingerprint density at radius 2 is 2.12 bits per heavy atom. The molecule has 1 aromatic rings. The molecule has 1 saturated carbocycles. The number of aromatic nitrogens is 2. The topological polar surface area (TPSA) is 37.8 Å². The maximum absolute atomic E-state index is 4.34. The largest absolute Gasteiger partial charge is 0.317 e. The van der Waals surface area contributed by atoms with Crippen LogP contribution >= 0.6 is 11.3 Å². The number of aryl methyl sites for hydroxylation is 1. The van der Waals surface area contributed by atoms with Crippen LogP contribution in [0, 0.1) is 5.41 Å². The molecule has 0 bridgehead atoms. The van der Waals surface area contributed by atoms with Gasteiger partial charge in [0.25, 0.3) is 0 Å². The molecule has 0 aliphatic heterocycles. The second-order valence-electron chi connectivity index (χ2n) is 5.63. The summed E-state index contributed by atoms with van der Waals surface area (Å²) in [5.41, 5.74) is 0.472. The van der Waals surface area contributed by atoms with E-state index in [-0.39, 0.29) is 0 Å². The molecule has 4 heteroatoms. The van der Waals surface area contributed by atoms with Crippen LogP contribution in [0.5, 0.6) is 0 Å². The smallest absolute Gasteiger partial charge is 0.121 e. The first kappa shape index (κ1) is 13.0. The van der Waals surface area contributed by atoms with Crippen molar-refractivity contribution in [3.05, 3.63) is 10.0 Å². The Hall–Kier alpha value is -0.480. The fourth-order valence-electron chi connectivity index (χ4n) is 2.06. The monoisotopic (exact) mass is 253 g/mol. The molecule has 0 amide bonds. The molecule has 1 N–H and O–H groups in total. The van der Waals surface area contributed by atoms with Crippen molar-refractivity contribution < 1.29 is 0 Å². The lowest BCUT2D eigenvalue weighted by molar-refractivity contribution is 0.617. The van der Waals surface area contributed by atoms with Gasteiger partial charge in [0, 0.05) is 12.3 Å². The fraction of sp³-hybridized carbons (Fsp3) is 0.846. The third-order valence-electron chi connectivity index (χ3n) is 3.46. The van der Waals surface area contributed by atoms with Crippen LogP contribution in [0.15, 0.2) is 0 Å². The van der Waals surface area contributed by atoms with Crippen molar-refractivity contribution in [2.75, 3.05) is 13.1 Å². The van der Waals surface area contributed by atoms with Crippen molar-refractivity contribution in [3.8, 4) is 0 Å². The van der Waals surface area contributed by atoms with Gasteiger partial charge in [-0.15, -0.1) is 21.5 Å². The van der Waals surface area contributed by atoms with Crippen LogP contribution in [0.25, 0.3) is 0 Å². The van der Waals surface area contributed by atoms with Crippen LogP contribution in [0.1, 0.15) is 56.0 Å². The Bertz CT molecular complexity index is 359. The third-order valence-corrected chi connectivity index (χ3v) is 4.56. The fourth-order valence-corrected chi connectivity index (χ4v) is 3.26. The van der Waals surface area contributed by atoms with Crippen molar-refractivity contribution in [1.82, 2.24) is 15.5 Å². The van der Waals surface area contributed by atoms with Crippen molar-refractivity contribution in [3.63, 3.8) is 0 Å². The van der Waals surface area contributed by atoms with Crippen LogP contribution in [0.2, 0.25) is 0 Å². The molecule has 0 aromatic carbocycles. The lowest BCUT2D eigenvalue weighted by Gasteiger charge is -2.00. The average molecular weight is 253 g/mol. The molecule has 17 heavy (non-hydrogen) atoms. The summed E-state index contributed by atoms with van der Waals surface area (Å²) in [6, 6.07) is 0. The SMILES string of the molecule is CCCNCCCc1nnc(C2CC2(C)C)s1. The van der Waals surface area contributed by atoms with E-state index in [1.165, 1.54) is 29.3 Å². The minimum atomic E-state index is 0.472. The van der Waals surface area contributed by atoms with E-state index >= 15 is 0 Å². The van der Waals surface area contributed by atoms with Crippen molar-refractivity contribution in [2.24, 2.45) is 5.41 Å². The summed E-state index contributed by atoms with van der Waals surface area (Å²) in [6.07, 6.45) is 4.73. The Balaban J connectivity index is 1.72. The van der Waals surface area contributed by atoms with Crippen LogP contribution in [-0.2, 0) is 6.42 Å². The van der Waals surface area contributed by atoms with Gasteiger partial charge in [0.05, 0.1) is 0 Å². The highest BCUT2D eigenvalue weighted by Gasteiger charge is 2.48. The van der Waals surface area contributed by atoms with Gasteiger partial charge in [-0.2, -0.15) is 0 Å². The zero-order valence-corrected chi connectivity index (χ0v) is 11.9. The highest BCUT2D eigenvalue weighted by molar-refractivity contribution is 7.11. The van der Waals surface area contributed by atoms with Crippen molar-refractivity contribution in [2.45, 2.75) is 52.4 Å². The van der Waals surface area contributed by atoms with Gasteiger partial charge in [-0.1, -0.05) is 20.8 Å². The molecular formula is C13H23N3S. The molecule has 1 aromatic heterocycles. The predicted molar refractivity (Wildman–Crippen MR) is 72.5 cm³/mol. The van der Waals surface area contributed by atoms with Crippen molar-refractivity contribution >= 4 is 11.3 Å². The molecule has 1 fully saturated rings. The van der Waals surface area contributed by atoms with Gasteiger partial charge in [0.2, 0.25) is 0 Å². The van der Waals surface area contributed by atoms with E-state index in [9.17, 15) is 0 Å². The van der Waals surface area contributed by atoms with Crippen LogP contribution in [-0.4, -0.2) is 23.3 Å². The van der Waals surface area contributed by atoms with E-state index in [1.807, 2.05) is 11.3 Å². The van der Waals surface area contributed by atoms with Gasteiger partial charge in [-0.25, -0.2) is 0 Å². The first-order valence-electron chi connectivity index (χ1n) is 6.66. The minimum Gasteiger partial charge on any atom is -0.317 e. The minimum absolute atomic E-state index is 0.472. The van der Waals surface area contributed by atoms with E-state index < -0.39 is 0 Å². The molecule has 0 saturated heterocycles. The summed E-state index contributed by atoms with van der Waals surface area (Å²) in [6.45, 7) is 9.04. The first-order valence-corrected chi connectivity index (χ1v) is 7.48. The van der Waals surface area contributed by atoms with Gasteiger partial charge in [-0.3, -0.25) is 0 Å². The van der Waals surface area contributed by atoms with E-state index in [0.717, 1.165) is 19.5 Å². The number of hydrogen-bond acceptors (Lipinski definition) is 4. The molecule has 1 aliphatic carbocycles. The second kappa shape index (κ2) is 5.44. The number of hydrogen-bond donors (Lipinski definition) is 1. The average Bonchev–Trinajstić information content (AvgIpc) is 2.75. The zero-order chi connectivity index (χ0) is 12.3. The van der Waals surface area contributed by atoms with Gasteiger partial charge in [0.15, 0.2) is 0 Å². The Labute approximate surface area is 108 Å².